The minimum atomic E-state index is 0.678. The standard InChI is InChI=1S/C19H30N6O2/c1-5-18-24-23-14-25(18)12-11-22-19(20-6-2)21-10-9-15-7-8-16(26-3)17(13-15)27-4/h7-8,13-14H,5-6,9-12H2,1-4H3,(H2,20,21,22). The summed E-state index contributed by atoms with van der Waals surface area (Å²) < 4.78 is 12.7. The second kappa shape index (κ2) is 11.1. The number of aryl methyl sites for hydroxylation is 1. The number of nitrogens with one attached hydrogen (secondary N) is 2. The lowest BCUT2D eigenvalue weighted by atomic mass is 10.1. The predicted molar refractivity (Wildman–Crippen MR) is 107 cm³/mol. The number of hydrogen-bond acceptors (Lipinski definition) is 5. The van der Waals surface area contributed by atoms with Gasteiger partial charge in [0.1, 0.15) is 12.2 Å². The molecule has 0 fully saturated rings. The van der Waals surface area contributed by atoms with Crippen LogP contribution in [0.3, 0.4) is 0 Å². The van der Waals surface area contributed by atoms with Gasteiger partial charge in [0.2, 0.25) is 0 Å². The van der Waals surface area contributed by atoms with Crippen LogP contribution < -0.4 is 20.1 Å². The maximum atomic E-state index is 5.35. The Bertz CT molecular complexity index is 729. The van der Waals surface area contributed by atoms with Crippen LogP contribution in [0.2, 0.25) is 0 Å². The van der Waals surface area contributed by atoms with Crippen molar-refractivity contribution in [2.24, 2.45) is 4.99 Å². The Kier molecular flexibility index (Phi) is 8.41. The molecule has 0 aliphatic heterocycles. The molecule has 2 aromatic rings. The molecule has 27 heavy (non-hydrogen) atoms. The first-order valence-electron chi connectivity index (χ1n) is 9.31. The van der Waals surface area contributed by atoms with Gasteiger partial charge in [0.25, 0.3) is 0 Å². The molecule has 8 heteroatoms. The summed E-state index contributed by atoms with van der Waals surface area (Å²) >= 11 is 0. The molecular weight excluding hydrogens is 344 g/mol. The number of hydrogen-bond donors (Lipinski definition) is 2. The van der Waals surface area contributed by atoms with Crippen molar-refractivity contribution in [1.29, 1.82) is 0 Å². The first kappa shape index (κ1) is 20.5. The highest BCUT2D eigenvalue weighted by Gasteiger charge is 2.05. The Morgan fingerprint density at radius 3 is 2.67 bits per heavy atom. The normalized spacial score (nSPS) is 11.3. The zero-order valence-corrected chi connectivity index (χ0v) is 16.7. The van der Waals surface area contributed by atoms with Crippen LogP contribution in [0.15, 0.2) is 29.5 Å². The van der Waals surface area contributed by atoms with Gasteiger partial charge in [0.15, 0.2) is 17.5 Å². The Hall–Kier alpha value is -2.77. The van der Waals surface area contributed by atoms with Crippen molar-refractivity contribution < 1.29 is 9.47 Å². The van der Waals surface area contributed by atoms with Crippen LogP contribution in [-0.4, -0.2) is 54.6 Å². The summed E-state index contributed by atoms with van der Waals surface area (Å²) in [7, 11) is 3.28. The molecule has 1 aromatic carbocycles. The smallest absolute Gasteiger partial charge is 0.191 e. The molecule has 0 saturated carbocycles. The molecule has 148 valence electrons. The third-order valence-corrected chi connectivity index (χ3v) is 4.12. The monoisotopic (exact) mass is 374 g/mol. The second-order valence-corrected chi connectivity index (χ2v) is 5.92. The van der Waals surface area contributed by atoms with Gasteiger partial charge in [-0.2, -0.15) is 0 Å². The van der Waals surface area contributed by atoms with Crippen molar-refractivity contribution in [3.63, 3.8) is 0 Å². The van der Waals surface area contributed by atoms with Crippen molar-refractivity contribution >= 4 is 5.96 Å². The van der Waals surface area contributed by atoms with E-state index in [0.717, 1.165) is 61.3 Å². The first-order chi connectivity index (χ1) is 13.2. The maximum absolute atomic E-state index is 5.35. The maximum Gasteiger partial charge on any atom is 0.191 e. The van der Waals surface area contributed by atoms with Gasteiger partial charge in [-0.05, 0) is 31.0 Å². The van der Waals surface area contributed by atoms with Gasteiger partial charge >= 0.3 is 0 Å². The van der Waals surface area contributed by atoms with Crippen molar-refractivity contribution in [3.05, 3.63) is 35.9 Å². The predicted octanol–water partition coefficient (Wildman–Crippen LogP) is 1.66. The largest absolute Gasteiger partial charge is 0.493 e. The first-order valence-corrected chi connectivity index (χ1v) is 9.31. The fourth-order valence-electron chi connectivity index (χ4n) is 2.71. The minimum absolute atomic E-state index is 0.678. The number of ether oxygens (including phenoxy) is 2. The average molecular weight is 374 g/mol. The second-order valence-electron chi connectivity index (χ2n) is 5.92. The van der Waals surface area contributed by atoms with E-state index in [9.17, 15) is 0 Å². The molecule has 8 nitrogen and oxygen atoms in total. The number of rotatable bonds is 10. The molecule has 0 unspecified atom stereocenters. The Balaban J connectivity index is 1.87. The van der Waals surface area contributed by atoms with Crippen molar-refractivity contribution in [2.45, 2.75) is 33.2 Å². The Morgan fingerprint density at radius 2 is 1.96 bits per heavy atom. The van der Waals surface area contributed by atoms with Crippen LogP contribution >= 0.6 is 0 Å². The van der Waals surface area contributed by atoms with Gasteiger partial charge in [0.05, 0.1) is 14.2 Å². The Morgan fingerprint density at radius 1 is 1.15 bits per heavy atom. The zero-order valence-electron chi connectivity index (χ0n) is 16.7. The van der Waals surface area contributed by atoms with Crippen LogP contribution in [0.25, 0.3) is 0 Å². The lowest BCUT2D eigenvalue weighted by Gasteiger charge is -2.12. The highest BCUT2D eigenvalue weighted by molar-refractivity contribution is 5.79. The quantitative estimate of drug-likeness (QED) is 0.486. The van der Waals surface area contributed by atoms with Gasteiger partial charge in [0, 0.05) is 32.6 Å². The van der Waals surface area contributed by atoms with Crippen LogP contribution in [-0.2, 0) is 19.4 Å². The molecule has 2 rings (SSSR count). The highest BCUT2D eigenvalue weighted by Crippen LogP contribution is 2.27. The number of methoxy groups -OCH3 is 2. The van der Waals surface area contributed by atoms with E-state index in [2.05, 4.69) is 44.2 Å². The van der Waals surface area contributed by atoms with Crippen LogP contribution in [0.4, 0.5) is 0 Å². The summed E-state index contributed by atoms with van der Waals surface area (Å²) in [5.41, 5.74) is 1.16. The van der Waals surface area contributed by atoms with Gasteiger partial charge in [-0.3, -0.25) is 4.99 Å². The van der Waals surface area contributed by atoms with E-state index < -0.39 is 0 Å². The third kappa shape index (κ3) is 6.16. The van der Waals surface area contributed by atoms with E-state index in [-0.39, 0.29) is 0 Å². The summed E-state index contributed by atoms with van der Waals surface area (Å²) in [6, 6.07) is 5.95. The van der Waals surface area contributed by atoms with Crippen LogP contribution in [0, 0.1) is 0 Å². The molecule has 0 aliphatic rings. The highest BCUT2D eigenvalue weighted by atomic mass is 16.5. The summed E-state index contributed by atoms with van der Waals surface area (Å²) in [5.74, 6) is 3.28. The number of nitrogens with zero attached hydrogens (tertiary/aromatic N) is 4. The molecule has 2 N–H and O–H groups in total. The van der Waals surface area contributed by atoms with Crippen molar-refractivity contribution in [3.8, 4) is 11.5 Å². The van der Waals surface area contributed by atoms with E-state index in [1.165, 1.54) is 0 Å². The van der Waals surface area contributed by atoms with Crippen molar-refractivity contribution in [2.75, 3.05) is 33.9 Å². The molecule has 0 amide bonds. The summed E-state index contributed by atoms with van der Waals surface area (Å²) in [4.78, 5) is 4.65. The number of benzene rings is 1. The molecule has 0 bridgehead atoms. The van der Waals surface area contributed by atoms with Crippen molar-refractivity contribution in [1.82, 2.24) is 25.4 Å². The molecule has 0 atom stereocenters. The Labute approximate surface area is 161 Å². The van der Waals surface area contributed by atoms with E-state index in [1.54, 1.807) is 20.5 Å². The van der Waals surface area contributed by atoms with E-state index >= 15 is 0 Å². The molecule has 1 aromatic heterocycles. The minimum Gasteiger partial charge on any atom is -0.493 e. The SMILES string of the molecule is CCNC(=NCCc1ccc(OC)c(OC)c1)NCCn1cnnc1CC. The lowest BCUT2D eigenvalue weighted by Crippen LogP contribution is -2.39. The summed E-state index contributed by atoms with van der Waals surface area (Å²) in [5, 5.41) is 14.7. The molecule has 0 aliphatic carbocycles. The van der Waals surface area contributed by atoms with Gasteiger partial charge in [-0.25, -0.2) is 0 Å². The molecule has 1 heterocycles. The van der Waals surface area contributed by atoms with Gasteiger partial charge < -0.3 is 24.7 Å². The van der Waals surface area contributed by atoms with Crippen LogP contribution in [0.1, 0.15) is 25.2 Å². The number of aliphatic imine (C=N–C) groups is 1. The van der Waals surface area contributed by atoms with Crippen LogP contribution in [0.5, 0.6) is 11.5 Å². The fraction of sp³-hybridized carbons (Fsp3) is 0.526. The third-order valence-electron chi connectivity index (χ3n) is 4.12. The summed E-state index contributed by atoms with van der Waals surface area (Å²) in [6.45, 7) is 7.18. The molecule has 0 spiro atoms. The molecule has 0 radical (unpaired) electrons. The van der Waals surface area contributed by atoms with E-state index in [4.69, 9.17) is 9.47 Å². The summed E-state index contributed by atoms with van der Waals surface area (Å²) in [6.07, 6.45) is 3.46. The van der Waals surface area contributed by atoms with E-state index in [1.807, 2.05) is 18.2 Å². The molecule has 0 saturated heterocycles. The topological polar surface area (TPSA) is 85.6 Å². The average Bonchev–Trinajstić information content (AvgIpc) is 3.15. The lowest BCUT2D eigenvalue weighted by molar-refractivity contribution is 0.354. The zero-order chi connectivity index (χ0) is 19.5. The number of aromatic nitrogens is 3. The van der Waals surface area contributed by atoms with E-state index in [0.29, 0.717) is 6.54 Å². The fourth-order valence-corrected chi connectivity index (χ4v) is 2.71. The molecular formula is C19H30N6O2. The van der Waals surface area contributed by atoms with Gasteiger partial charge in [-0.1, -0.05) is 13.0 Å². The van der Waals surface area contributed by atoms with Gasteiger partial charge in [-0.15, -0.1) is 10.2 Å². The number of guanidine groups is 1.